The van der Waals surface area contributed by atoms with Crippen LogP contribution >= 0.6 is 11.8 Å². The second kappa shape index (κ2) is 7.50. The molecule has 3 rings (SSSR count). The molecule has 0 atom stereocenters. The van der Waals surface area contributed by atoms with E-state index >= 15 is 0 Å². The lowest BCUT2D eigenvalue weighted by atomic mass is 10.1. The monoisotopic (exact) mass is 367 g/mol. The van der Waals surface area contributed by atoms with E-state index in [0.29, 0.717) is 5.75 Å². The minimum Gasteiger partial charge on any atom is -0.318 e. The van der Waals surface area contributed by atoms with Crippen molar-refractivity contribution in [2.45, 2.75) is 32.6 Å². The number of benzene rings is 2. The van der Waals surface area contributed by atoms with Crippen LogP contribution in [0.3, 0.4) is 0 Å². The summed E-state index contributed by atoms with van der Waals surface area (Å²) in [7, 11) is 0. The summed E-state index contributed by atoms with van der Waals surface area (Å²) < 4.78 is 15.2. The third-order valence-electron chi connectivity index (χ3n) is 4.66. The van der Waals surface area contributed by atoms with Crippen molar-refractivity contribution in [2.75, 3.05) is 5.75 Å². The highest BCUT2D eigenvalue weighted by Crippen LogP contribution is 2.25. The predicted octanol–water partition coefficient (Wildman–Crippen LogP) is 5.83. The molecule has 0 aliphatic carbocycles. The average molecular weight is 367 g/mol. The molecule has 134 valence electrons. The van der Waals surface area contributed by atoms with Crippen LogP contribution in [0.4, 0.5) is 4.39 Å². The second-order valence-corrected chi connectivity index (χ2v) is 7.60. The van der Waals surface area contributed by atoms with Gasteiger partial charge in [0, 0.05) is 27.5 Å². The van der Waals surface area contributed by atoms with Gasteiger partial charge in [-0.15, -0.1) is 11.8 Å². The Morgan fingerprint density at radius 3 is 2.31 bits per heavy atom. The van der Waals surface area contributed by atoms with E-state index < -0.39 is 0 Å². The van der Waals surface area contributed by atoms with Crippen molar-refractivity contribution in [1.29, 1.82) is 0 Å². The van der Waals surface area contributed by atoms with Crippen LogP contribution in [0.5, 0.6) is 0 Å². The average Bonchev–Trinajstić information content (AvgIpc) is 2.91. The van der Waals surface area contributed by atoms with Crippen molar-refractivity contribution in [3.05, 3.63) is 82.4 Å². The van der Waals surface area contributed by atoms with Crippen LogP contribution < -0.4 is 0 Å². The van der Waals surface area contributed by atoms with Gasteiger partial charge >= 0.3 is 0 Å². The van der Waals surface area contributed by atoms with Crippen LogP contribution in [0.25, 0.3) is 5.69 Å². The van der Waals surface area contributed by atoms with Crippen LogP contribution in [0.1, 0.15) is 32.9 Å². The summed E-state index contributed by atoms with van der Waals surface area (Å²) >= 11 is 1.56. The largest absolute Gasteiger partial charge is 0.318 e. The first-order valence-corrected chi connectivity index (χ1v) is 9.53. The Hall–Kier alpha value is -2.33. The zero-order valence-corrected chi connectivity index (χ0v) is 16.3. The number of Topliss-reactive ketones (excluding diaryl/α,β-unsaturated/α-hetero) is 1. The fourth-order valence-electron chi connectivity index (χ4n) is 3.06. The zero-order valence-electron chi connectivity index (χ0n) is 15.5. The highest BCUT2D eigenvalue weighted by molar-refractivity contribution is 8.00. The van der Waals surface area contributed by atoms with Crippen molar-refractivity contribution in [2.24, 2.45) is 0 Å². The Labute approximate surface area is 158 Å². The van der Waals surface area contributed by atoms with E-state index in [4.69, 9.17) is 0 Å². The van der Waals surface area contributed by atoms with E-state index in [0.717, 1.165) is 27.5 Å². The van der Waals surface area contributed by atoms with Crippen molar-refractivity contribution in [3.8, 4) is 5.69 Å². The first-order chi connectivity index (χ1) is 12.4. The number of hydrogen-bond acceptors (Lipinski definition) is 2. The summed E-state index contributed by atoms with van der Waals surface area (Å²) in [5, 5.41) is 0. The summed E-state index contributed by atoms with van der Waals surface area (Å²) in [6.07, 6.45) is 0. The lowest BCUT2D eigenvalue weighted by Gasteiger charge is -2.10. The summed E-state index contributed by atoms with van der Waals surface area (Å²) in [5.41, 5.74) is 5.93. The molecule has 1 aromatic heterocycles. The molecule has 3 aromatic rings. The van der Waals surface area contributed by atoms with Crippen molar-refractivity contribution < 1.29 is 9.18 Å². The minimum absolute atomic E-state index is 0.106. The van der Waals surface area contributed by atoms with Crippen molar-refractivity contribution in [3.63, 3.8) is 0 Å². The second-order valence-electron chi connectivity index (χ2n) is 6.55. The number of nitrogens with zero attached hydrogens (tertiary/aromatic N) is 1. The van der Waals surface area contributed by atoms with Gasteiger partial charge in [0.25, 0.3) is 0 Å². The fourth-order valence-corrected chi connectivity index (χ4v) is 3.94. The molecule has 0 aliphatic rings. The summed E-state index contributed by atoms with van der Waals surface area (Å²) in [4.78, 5) is 13.9. The van der Waals surface area contributed by atoms with Gasteiger partial charge < -0.3 is 4.57 Å². The van der Waals surface area contributed by atoms with E-state index in [1.807, 2.05) is 24.5 Å². The number of ketones is 1. The van der Waals surface area contributed by atoms with Gasteiger partial charge in [-0.1, -0.05) is 6.07 Å². The maximum atomic E-state index is 13.2. The summed E-state index contributed by atoms with van der Waals surface area (Å²) in [6.45, 7) is 8.06. The molecule has 0 unspecified atom stereocenters. The number of carbonyl (C=O) groups is 1. The lowest BCUT2D eigenvalue weighted by molar-refractivity contribution is 0.102. The molecule has 2 nitrogen and oxygen atoms in total. The number of aromatic nitrogens is 1. The van der Waals surface area contributed by atoms with Gasteiger partial charge in [0.2, 0.25) is 0 Å². The molecule has 0 radical (unpaired) electrons. The van der Waals surface area contributed by atoms with Gasteiger partial charge in [-0.25, -0.2) is 4.39 Å². The summed E-state index contributed by atoms with van der Waals surface area (Å²) in [5.74, 6) is 0.239. The normalized spacial score (nSPS) is 11.0. The highest BCUT2D eigenvalue weighted by atomic mass is 32.2. The number of halogens is 1. The molecule has 0 aliphatic heterocycles. The van der Waals surface area contributed by atoms with Crippen LogP contribution in [-0.2, 0) is 0 Å². The molecule has 0 saturated heterocycles. The van der Waals surface area contributed by atoms with E-state index in [-0.39, 0.29) is 11.6 Å². The van der Waals surface area contributed by atoms with Gasteiger partial charge in [0.15, 0.2) is 5.78 Å². The predicted molar refractivity (Wildman–Crippen MR) is 106 cm³/mol. The fraction of sp³-hybridized carbons (Fsp3) is 0.227. The van der Waals surface area contributed by atoms with Gasteiger partial charge in [-0.3, -0.25) is 4.79 Å². The molecule has 0 fully saturated rings. The molecule has 26 heavy (non-hydrogen) atoms. The maximum absolute atomic E-state index is 13.2. The molecule has 0 N–H and O–H groups in total. The van der Waals surface area contributed by atoms with Crippen molar-refractivity contribution in [1.82, 2.24) is 4.57 Å². The SMILES string of the molecule is Cc1ccc(SCC(=O)c2cc(C)n(-c3ccc(F)cc3)c2C)cc1C. The van der Waals surface area contributed by atoms with Crippen LogP contribution in [-0.4, -0.2) is 16.1 Å². The molecule has 1 heterocycles. The van der Waals surface area contributed by atoms with Crippen LogP contribution in [0.2, 0.25) is 0 Å². The first kappa shape index (κ1) is 18.5. The number of hydrogen-bond donors (Lipinski definition) is 0. The molecule has 4 heteroatoms. The minimum atomic E-state index is -0.266. The Balaban J connectivity index is 1.80. The van der Waals surface area contributed by atoms with E-state index in [1.54, 1.807) is 23.9 Å². The van der Waals surface area contributed by atoms with Gasteiger partial charge in [0.05, 0.1) is 5.75 Å². The summed E-state index contributed by atoms with van der Waals surface area (Å²) in [6, 6.07) is 14.5. The zero-order chi connectivity index (χ0) is 18.8. The number of rotatable bonds is 5. The number of carbonyl (C=O) groups excluding carboxylic acids is 1. The molecule has 0 amide bonds. The highest BCUT2D eigenvalue weighted by Gasteiger charge is 2.17. The van der Waals surface area contributed by atoms with Crippen LogP contribution in [0.15, 0.2) is 53.4 Å². The van der Waals surface area contributed by atoms with Crippen molar-refractivity contribution >= 4 is 17.5 Å². The maximum Gasteiger partial charge on any atom is 0.174 e. The van der Waals surface area contributed by atoms with Gasteiger partial charge in [-0.2, -0.15) is 0 Å². The molecular formula is C22H22FNOS. The van der Waals surface area contributed by atoms with Gasteiger partial charge in [0.1, 0.15) is 5.82 Å². The Morgan fingerprint density at radius 2 is 1.65 bits per heavy atom. The smallest absolute Gasteiger partial charge is 0.174 e. The number of thioether (sulfide) groups is 1. The van der Waals surface area contributed by atoms with E-state index in [1.165, 1.54) is 23.3 Å². The lowest BCUT2D eigenvalue weighted by Crippen LogP contribution is -2.05. The molecular weight excluding hydrogens is 345 g/mol. The standard InChI is InChI=1S/C22H22FNOS/c1-14-5-10-20(11-15(14)2)26-13-22(25)21-12-16(3)24(17(21)4)19-8-6-18(23)7-9-19/h5-12H,13H2,1-4H3. The molecule has 2 aromatic carbocycles. The third kappa shape index (κ3) is 3.75. The van der Waals surface area contributed by atoms with E-state index in [9.17, 15) is 9.18 Å². The Bertz CT molecular complexity index is 957. The molecule has 0 saturated carbocycles. The molecule has 0 bridgehead atoms. The number of aryl methyl sites for hydroxylation is 3. The van der Waals surface area contributed by atoms with E-state index in [2.05, 4.69) is 32.0 Å². The Morgan fingerprint density at radius 1 is 0.962 bits per heavy atom. The first-order valence-electron chi connectivity index (χ1n) is 8.55. The van der Waals surface area contributed by atoms with Crippen LogP contribution in [0, 0.1) is 33.5 Å². The topological polar surface area (TPSA) is 22.0 Å². The Kier molecular flexibility index (Phi) is 5.33. The van der Waals surface area contributed by atoms with Gasteiger partial charge in [-0.05, 0) is 81.3 Å². The quantitative estimate of drug-likeness (QED) is 0.418. The third-order valence-corrected chi connectivity index (χ3v) is 5.66. The molecule has 0 spiro atoms.